The molecule has 11 heavy (non-hydrogen) atoms. The number of nitrogens with one attached hydrogen (secondary N) is 2. The molecule has 0 amide bonds. The van der Waals surface area contributed by atoms with E-state index in [1.165, 1.54) is 0 Å². The highest BCUT2D eigenvalue weighted by Gasteiger charge is 2.00. The van der Waals surface area contributed by atoms with Gasteiger partial charge in [0.25, 0.3) is 0 Å². The van der Waals surface area contributed by atoms with Crippen LogP contribution in [0.3, 0.4) is 0 Å². The van der Waals surface area contributed by atoms with E-state index in [-0.39, 0.29) is 0 Å². The first-order chi connectivity index (χ1) is 5.20. The summed E-state index contributed by atoms with van der Waals surface area (Å²) in [6, 6.07) is 0. The summed E-state index contributed by atoms with van der Waals surface area (Å²) in [5.74, 6) is 6.83. The van der Waals surface area contributed by atoms with E-state index in [0.29, 0.717) is 11.0 Å². The molecule has 1 atom stereocenters. The van der Waals surface area contributed by atoms with E-state index in [1.807, 2.05) is 11.8 Å². The molecule has 0 heterocycles. The summed E-state index contributed by atoms with van der Waals surface area (Å²) in [5, 5.41) is 3.51. The van der Waals surface area contributed by atoms with Gasteiger partial charge in [0, 0.05) is 6.54 Å². The number of thiocarbonyl (C=S) groups is 1. The second-order valence-electron chi connectivity index (χ2n) is 2.41. The fourth-order valence-electron chi connectivity index (χ4n) is 0.661. The van der Waals surface area contributed by atoms with E-state index in [4.69, 9.17) is 18.1 Å². The fourth-order valence-corrected chi connectivity index (χ4v) is 1.43. The van der Waals surface area contributed by atoms with Crippen LogP contribution in [0.4, 0.5) is 0 Å². The first-order valence-corrected chi connectivity index (χ1v) is 5.24. The van der Waals surface area contributed by atoms with E-state index >= 15 is 0 Å². The van der Waals surface area contributed by atoms with E-state index in [9.17, 15) is 0 Å². The highest BCUT2D eigenvalue weighted by Crippen LogP contribution is 2.01. The monoisotopic (exact) mass is 193 g/mol. The summed E-state index contributed by atoms with van der Waals surface area (Å²) < 4.78 is 0. The van der Waals surface area contributed by atoms with Crippen molar-refractivity contribution >= 4 is 29.1 Å². The zero-order valence-electron chi connectivity index (χ0n) is 6.89. The maximum atomic E-state index is 5.07. The molecule has 0 saturated carbocycles. The van der Waals surface area contributed by atoms with Crippen LogP contribution in [0.2, 0.25) is 0 Å². The summed E-state index contributed by atoms with van der Waals surface area (Å²) in [4.78, 5) is 0. The summed E-state index contributed by atoms with van der Waals surface area (Å²) in [7, 11) is 0. The van der Waals surface area contributed by atoms with E-state index in [0.717, 1.165) is 12.3 Å². The zero-order valence-corrected chi connectivity index (χ0v) is 8.52. The Bertz CT molecular complexity index is 118. The van der Waals surface area contributed by atoms with Gasteiger partial charge in [-0.3, -0.25) is 0 Å². The SMILES string of the molecule is CSCC(C)CNC(=S)NN. The van der Waals surface area contributed by atoms with Crippen LogP contribution in [0.25, 0.3) is 0 Å². The minimum absolute atomic E-state index is 0.512. The Kier molecular flexibility index (Phi) is 6.69. The van der Waals surface area contributed by atoms with E-state index in [2.05, 4.69) is 23.9 Å². The van der Waals surface area contributed by atoms with Gasteiger partial charge < -0.3 is 10.7 Å². The summed E-state index contributed by atoms with van der Waals surface area (Å²) in [6.45, 7) is 3.05. The number of hydrazine groups is 1. The lowest BCUT2D eigenvalue weighted by Crippen LogP contribution is -2.41. The van der Waals surface area contributed by atoms with Crippen LogP contribution in [-0.2, 0) is 0 Å². The van der Waals surface area contributed by atoms with Crippen molar-refractivity contribution in [1.29, 1.82) is 0 Å². The molecule has 66 valence electrons. The molecule has 0 aromatic rings. The lowest BCUT2D eigenvalue weighted by Gasteiger charge is -2.11. The minimum Gasteiger partial charge on any atom is -0.361 e. The van der Waals surface area contributed by atoms with Crippen molar-refractivity contribution in [1.82, 2.24) is 10.7 Å². The predicted molar refractivity (Wildman–Crippen MR) is 55.5 cm³/mol. The Hall–Kier alpha value is -0.0000000000000000486. The average Bonchev–Trinajstić information content (AvgIpc) is 2.01. The molecule has 0 saturated heterocycles. The largest absolute Gasteiger partial charge is 0.361 e. The molecule has 5 heteroatoms. The Morgan fingerprint density at radius 2 is 2.36 bits per heavy atom. The zero-order chi connectivity index (χ0) is 8.69. The molecule has 0 aliphatic heterocycles. The first-order valence-electron chi connectivity index (χ1n) is 3.44. The van der Waals surface area contributed by atoms with Crippen LogP contribution in [0.1, 0.15) is 6.92 Å². The number of rotatable bonds is 4. The predicted octanol–water partition coefficient (Wildman–Crippen LogP) is 0.323. The normalized spacial score (nSPS) is 12.3. The average molecular weight is 193 g/mol. The van der Waals surface area contributed by atoms with Gasteiger partial charge in [-0.15, -0.1) is 0 Å². The van der Waals surface area contributed by atoms with Gasteiger partial charge in [0.1, 0.15) is 0 Å². The van der Waals surface area contributed by atoms with E-state index in [1.54, 1.807) is 0 Å². The molecule has 0 bridgehead atoms. The maximum Gasteiger partial charge on any atom is 0.180 e. The smallest absolute Gasteiger partial charge is 0.180 e. The van der Waals surface area contributed by atoms with Crippen molar-refractivity contribution in [3.05, 3.63) is 0 Å². The van der Waals surface area contributed by atoms with Gasteiger partial charge in [-0.1, -0.05) is 6.92 Å². The summed E-state index contributed by atoms with van der Waals surface area (Å²) in [5.41, 5.74) is 2.38. The molecule has 0 aromatic carbocycles. The summed E-state index contributed by atoms with van der Waals surface area (Å²) >= 11 is 6.64. The molecule has 0 spiro atoms. The number of nitrogens with two attached hydrogens (primary N) is 1. The molecular weight excluding hydrogens is 178 g/mol. The molecule has 0 fully saturated rings. The highest BCUT2D eigenvalue weighted by atomic mass is 32.2. The molecule has 0 aliphatic rings. The third kappa shape index (κ3) is 6.40. The van der Waals surface area contributed by atoms with Gasteiger partial charge in [-0.25, -0.2) is 5.84 Å². The quantitative estimate of drug-likeness (QED) is 0.341. The van der Waals surface area contributed by atoms with Gasteiger partial charge in [0.05, 0.1) is 0 Å². The second-order valence-corrected chi connectivity index (χ2v) is 3.73. The van der Waals surface area contributed by atoms with Gasteiger partial charge >= 0.3 is 0 Å². The maximum absolute atomic E-state index is 5.07. The molecule has 1 unspecified atom stereocenters. The standard InChI is InChI=1S/C6H15N3S2/c1-5(4-11-2)3-8-6(10)9-7/h5H,3-4,7H2,1-2H3,(H2,8,9,10). The van der Waals surface area contributed by atoms with Crippen LogP contribution in [0.15, 0.2) is 0 Å². The Morgan fingerprint density at radius 3 is 2.82 bits per heavy atom. The molecule has 0 aromatic heterocycles. The number of thioether (sulfide) groups is 1. The van der Waals surface area contributed by atoms with E-state index < -0.39 is 0 Å². The second kappa shape index (κ2) is 6.69. The minimum atomic E-state index is 0.512. The first kappa shape index (κ1) is 11.0. The molecule has 3 nitrogen and oxygen atoms in total. The lowest BCUT2D eigenvalue weighted by atomic mass is 10.2. The summed E-state index contributed by atoms with van der Waals surface area (Å²) in [6.07, 6.45) is 2.09. The van der Waals surface area contributed by atoms with Crippen LogP contribution < -0.4 is 16.6 Å². The Balaban J connectivity index is 3.29. The van der Waals surface area contributed by atoms with Gasteiger partial charge in [0.2, 0.25) is 0 Å². The van der Waals surface area contributed by atoms with Crippen molar-refractivity contribution in [3.63, 3.8) is 0 Å². The molecule has 0 radical (unpaired) electrons. The molecule has 0 aliphatic carbocycles. The van der Waals surface area contributed by atoms with Crippen molar-refractivity contribution < 1.29 is 0 Å². The number of hydrogen-bond acceptors (Lipinski definition) is 3. The van der Waals surface area contributed by atoms with Crippen LogP contribution in [-0.4, -0.2) is 23.7 Å². The molecular formula is C6H15N3S2. The van der Waals surface area contributed by atoms with Crippen molar-refractivity contribution in [2.24, 2.45) is 11.8 Å². The van der Waals surface area contributed by atoms with Gasteiger partial charge in [0.15, 0.2) is 5.11 Å². The number of hydrogen-bond donors (Lipinski definition) is 3. The van der Waals surface area contributed by atoms with Gasteiger partial charge in [-0.2, -0.15) is 11.8 Å². The Labute approximate surface area is 77.5 Å². The van der Waals surface area contributed by atoms with Gasteiger partial charge in [-0.05, 0) is 30.1 Å². The topological polar surface area (TPSA) is 50.1 Å². The molecule has 0 rings (SSSR count). The van der Waals surface area contributed by atoms with Crippen molar-refractivity contribution in [3.8, 4) is 0 Å². The third-order valence-corrected chi connectivity index (χ3v) is 2.36. The van der Waals surface area contributed by atoms with Crippen molar-refractivity contribution in [2.75, 3.05) is 18.6 Å². The molecule has 4 N–H and O–H groups in total. The van der Waals surface area contributed by atoms with Crippen molar-refractivity contribution in [2.45, 2.75) is 6.92 Å². The lowest BCUT2D eigenvalue weighted by molar-refractivity contribution is 0.631. The van der Waals surface area contributed by atoms with Crippen LogP contribution in [0.5, 0.6) is 0 Å². The van der Waals surface area contributed by atoms with Crippen LogP contribution in [0, 0.1) is 5.92 Å². The Morgan fingerprint density at radius 1 is 1.73 bits per heavy atom. The van der Waals surface area contributed by atoms with Crippen LogP contribution >= 0.6 is 24.0 Å². The third-order valence-electron chi connectivity index (χ3n) is 1.19. The fraction of sp³-hybridized carbons (Fsp3) is 0.833. The highest BCUT2D eigenvalue weighted by molar-refractivity contribution is 7.98.